The van der Waals surface area contributed by atoms with Gasteiger partial charge >= 0.3 is 0 Å². The van der Waals surface area contributed by atoms with E-state index in [-0.39, 0.29) is 20.1 Å². The van der Waals surface area contributed by atoms with Crippen LogP contribution in [0.5, 0.6) is 0 Å². The van der Waals surface area contributed by atoms with Crippen LogP contribution in [0.15, 0.2) is 43.8 Å². The zero-order chi connectivity index (χ0) is 30.0. The van der Waals surface area contributed by atoms with Gasteiger partial charge in [-0.05, 0) is 52.0 Å². The summed E-state index contributed by atoms with van der Waals surface area (Å²) in [6.07, 6.45) is -1.25. The molecule has 216 valence electrons. The Morgan fingerprint density at radius 1 is 0.579 bits per heavy atom. The summed E-state index contributed by atoms with van der Waals surface area (Å²) in [6, 6.07) is 3.58. The molecule has 0 fully saturated rings. The zero-order valence-corrected chi connectivity index (χ0v) is 26.1. The number of benzene rings is 2. The first-order valence-corrected chi connectivity index (χ1v) is 17.2. The summed E-state index contributed by atoms with van der Waals surface area (Å²) in [5, 5.41) is 8.69. The maximum absolute atomic E-state index is 11.9. The molecule has 0 atom stereocenters. The van der Waals surface area contributed by atoms with Crippen molar-refractivity contribution in [3.8, 4) is 0 Å². The van der Waals surface area contributed by atoms with E-state index in [2.05, 4.69) is 0 Å². The molecular weight excluding hydrogens is 674 g/mol. The van der Waals surface area contributed by atoms with E-state index in [1.807, 2.05) is 0 Å². The second-order valence-electron chi connectivity index (χ2n) is 7.72. The molecule has 0 saturated heterocycles. The Morgan fingerprint density at radius 2 is 0.947 bits per heavy atom. The molecular formula is C18H22Cl4N2O10S4. The lowest BCUT2D eigenvalue weighted by Gasteiger charge is -2.11. The van der Waals surface area contributed by atoms with Crippen molar-refractivity contribution in [1.82, 2.24) is 0 Å². The van der Waals surface area contributed by atoms with Crippen LogP contribution in [0.2, 0.25) is 20.1 Å². The van der Waals surface area contributed by atoms with Gasteiger partial charge in [-0.3, -0.25) is 8.37 Å². The molecule has 0 aliphatic rings. The summed E-state index contributed by atoms with van der Waals surface area (Å²) in [7, 11) is -16.7. The summed E-state index contributed by atoms with van der Waals surface area (Å²) < 4.78 is 102. The van der Waals surface area contributed by atoms with Gasteiger partial charge in [-0.2, -0.15) is 16.8 Å². The highest BCUT2D eigenvalue weighted by molar-refractivity contribution is 7.90. The number of hydrogen-bond acceptors (Lipinski definition) is 10. The zero-order valence-electron chi connectivity index (χ0n) is 19.8. The Labute approximate surface area is 241 Å². The normalized spacial score (nSPS) is 12.9. The monoisotopic (exact) mass is 694 g/mol. The van der Waals surface area contributed by atoms with Crippen molar-refractivity contribution in [3.63, 3.8) is 0 Å². The van der Waals surface area contributed by atoms with Crippen LogP contribution in [0, 0.1) is 0 Å². The summed E-state index contributed by atoms with van der Waals surface area (Å²) in [5.41, 5.74) is 0. The van der Waals surface area contributed by atoms with E-state index in [0.29, 0.717) is 0 Å². The standard InChI is InChI=1S/2C9H11Cl2NO5S2/c1-5(2)17-19(15,16)6-3-7(10)9(11)8(4-6)18(12,13)14;1-5(2)17-19(15,16)8-4-6(18(12,13)14)3-7(10)9(8)11/h2*3-5H,1-2H3,(H2,12,13,14). The molecule has 20 heteroatoms. The smallest absolute Gasteiger partial charge is 0.264 e. The molecule has 0 bridgehead atoms. The molecule has 0 aromatic heterocycles. The van der Waals surface area contributed by atoms with E-state index in [4.69, 9.17) is 65.0 Å². The van der Waals surface area contributed by atoms with Crippen LogP contribution in [-0.4, -0.2) is 45.9 Å². The molecule has 0 aliphatic carbocycles. The molecule has 0 unspecified atom stereocenters. The predicted molar refractivity (Wildman–Crippen MR) is 142 cm³/mol. The first kappa shape index (κ1) is 35.3. The van der Waals surface area contributed by atoms with E-state index in [1.54, 1.807) is 0 Å². The van der Waals surface area contributed by atoms with E-state index >= 15 is 0 Å². The molecule has 0 saturated carbocycles. The van der Waals surface area contributed by atoms with Crippen LogP contribution in [0.3, 0.4) is 0 Å². The highest BCUT2D eigenvalue weighted by atomic mass is 35.5. The third-order valence-corrected chi connectivity index (χ3v) is 10.4. The van der Waals surface area contributed by atoms with Crippen molar-refractivity contribution in [2.45, 2.75) is 59.5 Å². The molecule has 2 aromatic rings. The minimum Gasteiger partial charge on any atom is -0.264 e. The molecule has 2 aromatic carbocycles. The van der Waals surface area contributed by atoms with Crippen LogP contribution in [-0.2, 0) is 48.6 Å². The van der Waals surface area contributed by atoms with Crippen LogP contribution in [0.4, 0.5) is 0 Å². The number of primary sulfonamides is 2. The van der Waals surface area contributed by atoms with Crippen molar-refractivity contribution in [3.05, 3.63) is 44.4 Å². The van der Waals surface area contributed by atoms with Crippen LogP contribution in [0.1, 0.15) is 27.7 Å². The highest BCUT2D eigenvalue weighted by Gasteiger charge is 2.26. The minimum absolute atomic E-state index is 0.251. The van der Waals surface area contributed by atoms with Crippen molar-refractivity contribution >= 4 is 86.7 Å². The number of sulfonamides is 2. The molecule has 4 N–H and O–H groups in total. The van der Waals surface area contributed by atoms with Gasteiger partial charge in [-0.25, -0.2) is 27.1 Å². The molecule has 0 spiro atoms. The van der Waals surface area contributed by atoms with E-state index in [1.165, 1.54) is 27.7 Å². The van der Waals surface area contributed by atoms with Gasteiger partial charge in [0.1, 0.15) is 9.79 Å². The van der Waals surface area contributed by atoms with Crippen molar-refractivity contribution < 1.29 is 42.0 Å². The van der Waals surface area contributed by atoms with Crippen molar-refractivity contribution in [1.29, 1.82) is 0 Å². The number of rotatable bonds is 8. The average Bonchev–Trinajstić information content (AvgIpc) is 2.68. The lowest BCUT2D eigenvalue weighted by Crippen LogP contribution is -2.16. The number of halogens is 4. The van der Waals surface area contributed by atoms with Gasteiger partial charge in [0, 0.05) is 0 Å². The Balaban J connectivity index is 0.000000380. The van der Waals surface area contributed by atoms with Gasteiger partial charge < -0.3 is 0 Å². The number of nitrogens with two attached hydrogens (primary N) is 2. The lowest BCUT2D eigenvalue weighted by atomic mass is 10.3. The lowest BCUT2D eigenvalue weighted by molar-refractivity contribution is 0.248. The summed E-state index contributed by atoms with van der Waals surface area (Å²) >= 11 is 22.8. The SMILES string of the molecule is CC(C)OS(=O)(=O)c1cc(Cl)c(Cl)c(S(N)(=O)=O)c1.CC(C)OS(=O)(=O)c1cc(S(N)(=O)=O)cc(Cl)c1Cl. The molecule has 0 heterocycles. The molecule has 0 amide bonds. The Hall–Kier alpha value is -0.760. The first-order valence-electron chi connectivity index (χ1n) is 9.80. The largest absolute Gasteiger partial charge is 0.298 e. The average molecular weight is 696 g/mol. The van der Waals surface area contributed by atoms with Gasteiger partial charge in [0.25, 0.3) is 20.2 Å². The number of hydrogen-bond donors (Lipinski definition) is 2. The highest BCUT2D eigenvalue weighted by Crippen LogP contribution is 2.34. The topological polar surface area (TPSA) is 207 Å². The Morgan fingerprint density at radius 3 is 1.34 bits per heavy atom. The Bertz CT molecular complexity index is 1640. The summed E-state index contributed by atoms with van der Waals surface area (Å²) in [6.45, 7) is 6.01. The molecule has 0 radical (unpaired) electrons. The van der Waals surface area contributed by atoms with Crippen LogP contribution in [0.25, 0.3) is 0 Å². The summed E-state index contributed by atoms with van der Waals surface area (Å²) in [5.74, 6) is 0. The second kappa shape index (κ2) is 12.8. The van der Waals surface area contributed by atoms with Gasteiger partial charge in [0.2, 0.25) is 20.0 Å². The van der Waals surface area contributed by atoms with Gasteiger partial charge in [0.05, 0.1) is 42.1 Å². The van der Waals surface area contributed by atoms with Crippen LogP contribution >= 0.6 is 46.4 Å². The quantitative estimate of drug-likeness (QED) is 0.384. The fourth-order valence-corrected chi connectivity index (χ4v) is 7.61. The molecule has 12 nitrogen and oxygen atoms in total. The fraction of sp³-hybridized carbons (Fsp3) is 0.333. The third-order valence-electron chi connectivity index (χ3n) is 3.77. The maximum Gasteiger partial charge on any atom is 0.298 e. The second-order valence-corrected chi connectivity index (χ2v) is 15.5. The molecule has 0 aliphatic heterocycles. The van der Waals surface area contributed by atoms with Crippen molar-refractivity contribution in [2.24, 2.45) is 10.3 Å². The van der Waals surface area contributed by atoms with Crippen molar-refractivity contribution in [2.75, 3.05) is 0 Å². The Kier molecular flexibility index (Phi) is 11.9. The van der Waals surface area contributed by atoms with E-state index < -0.39 is 72.1 Å². The van der Waals surface area contributed by atoms with E-state index in [0.717, 1.165) is 24.3 Å². The minimum atomic E-state index is -4.23. The molecule has 38 heavy (non-hydrogen) atoms. The van der Waals surface area contributed by atoms with Gasteiger partial charge in [-0.1, -0.05) is 46.4 Å². The van der Waals surface area contributed by atoms with Crippen LogP contribution < -0.4 is 10.3 Å². The first-order chi connectivity index (χ1) is 16.9. The van der Waals surface area contributed by atoms with Gasteiger partial charge in [-0.15, -0.1) is 0 Å². The van der Waals surface area contributed by atoms with E-state index in [9.17, 15) is 33.7 Å². The molecule has 2 rings (SSSR count). The van der Waals surface area contributed by atoms with Gasteiger partial charge in [0.15, 0.2) is 0 Å². The fourth-order valence-electron chi connectivity index (χ4n) is 2.39. The summed E-state index contributed by atoms with van der Waals surface area (Å²) in [4.78, 5) is -2.01. The predicted octanol–water partition coefficient (Wildman–Crippen LogP) is 3.51. The maximum atomic E-state index is 11.9. The third kappa shape index (κ3) is 9.71.